The Balaban J connectivity index is 3.56. The number of methoxy groups -OCH3 is 1. The summed E-state index contributed by atoms with van der Waals surface area (Å²) in [5, 5.41) is 0. The van der Waals surface area contributed by atoms with Crippen molar-refractivity contribution in [2.45, 2.75) is 19.3 Å². The predicted molar refractivity (Wildman–Crippen MR) is 55.1 cm³/mol. The van der Waals surface area contributed by atoms with Gasteiger partial charge in [0.2, 0.25) is 0 Å². The standard InChI is InChI=1S/C10H9F5N2O3/c1-19-9(18)6-5(2-16)17-3-4(8(11)12)7(6)20-10(13,14)15/h3,8H,2,16H2,1H3. The molecule has 0 bridgehead atoms. The summed E-state index contributed by atoms with van der Waals surface area (Å²) in [6.07, 6.45) is -8.12. The SMILES string of the molecule is COC(=O)c1c(CN)ncc(C(F)F)c1OC(F)(F)F. The van der Waals surface area contributed by atoms with E-state index in [1.165, 1.54) is 0 Å². The third-order valence-electron chi connectivity index (χ3n) is 2.17. The molecule has 1 aromatic heterocycles. The number of nitrogens with two attached hydrogens (primary N) is 1. The number of pyridine rings is 1. The number of hydrogen-bond acceptors (Lipinski definition) is 5. The molecule has 1 aromatic rings. The molecular formula is C10H9F5N2O3. The third kappa shape index (κ3) is 3.53. The summed E-state index contributed by atoms with van der Waals surface area (Å²) in [6.45, 7) is -0.456. The number of carbonyl (C=O) groups excluding carboxylic acids is 1. The highest BCUT2D eigenvalue weighted by Gasteiger charge is 2.37. The normalized spacial score (nSPS) is 11.6. The first-order valence-corrected chi connectivity index (χ1v) is 5.05. The zero-order valence-corrected chi connectivity index (χ0v) is 10.0. The summed E-state index contributed by atoms with van der Waals surface area (Å²) in [6, 6.07) is 0. The number of aromatic nitrogens is 1. The molecule has 0 aromatic carbocycles. The average molecular weight is 300 g/mol. The fourth-order valence-corrected chi connectivity index (χ4v) is 1.39. The summed E-state index contributed by atoms with van der Waals surface area (Å²) < 4.78 is 70.1. The lowest BCUT2D eigenvalue weighted by molar-refractivity contribution is -0.275. The van der Waals surface area contributed by atoms with Crippen LogP contribution in [-0.4, -0.2) is 24.4 Å². The number of hydrogen-bond donors (Lipinski definition) is 1. The summed E-state index contributed by atoms with van der Waals surface area (Å²) in [5.74, 6) is -2.66. The van der Waals surface area contributed by atoms with Crippen molar-refractivity contribution < 1.29 is 36.2 Å². The lowest BCUT2D eigenvalue weighted by Gasteiger charge is -2.17. The lowest BCUT2D eigenvalue weighted by Crippen LogP contribution is -2.23. The fraction of sp³-hybridized carbons (Fsp3) is 0.400. The minimum absolute atomic E-state index is 0.347. The van der Waals surface area contributed by atoms with Crippen molar-refractivity contribution in [3.63, 3.8) is 0 Å². The summed E-state index contributed by atoms with van der Waals surface area (Å²) in [5.41, 5.74) is 2.81. The molecule has 0 radical (unpaired) electrons. The molecule has 0 saturated heterocycles. The van der Waals surface area contributed by atoms with Crippen LogP contribution in [0.4, 0.5) is 22.0 Å². The minimum Gasteiger partial charge on any atom is -0.465 e. The van der Waals surface area contributed by atoms with Crippen LogP contribution in [0.5, 0.6) is 5.75 Å². The van der Waals surface area contributed by atoms with Crippen LogP contribution in [0.2, 0.25) is 0 Å². The zero-order valence-electron chi connectivity index (χ0n) is 10.0. The van der Waals surface area contributed by atoms with Crippen LogP contribution >= 0.6 is 0 Å². The molecule has 1 heterocycles. The van der Waals surface area contributed by atoms with Crippen molar-refractivity contribution in [2.75, 3.05) is 7.11 Å². The highest BCUT2D eigenvalue weighted by molar-refractivity contribution is 5.94. The van der Waals surface area contributed by atoms with Gasteiger partial charge < -0.3 is 15.2 Å². The second-order valence-corrected chi connectivity index (χ2v) is 3.41. The van der Waals surface area contributed by atoms with E-state index < -0.39 is 42.2 Å². The van der Waals surface area contributed by atoms with Gasteiger partial charge in [0.05, 0.1) is 18.4 Å². The molecule has 0 saturated carbocycles. The molecule has 0 aliphatic carbocycles. The van der Waals surface area contributed by atoms with Gasteiger partial charge in [0.15, 0.2) is 5.75 Å². The third-order valence-corrected chi connectivity index (χ3v) is 2.17. The highest BCUT2D eigenvalue weighted by atomic mass is 19.4. The van der Waals surface area contributed by atoms with Gasteiger partial charge in [-0.25, -0.2) is 13.6 Å². The predicted octanol–water partition coefficient (Wildman–Crippen LogP) is 2.16. The number of ether oxygens (including phenoxy) is 2. The van der Waals surface area contributed by atoms with Gasteiger partial charge in [0.1, 0.15) is 5.56 Å². The quantitative estimate of drug-likeness (QED) is 0.681. The number of rotatable bonds is 4. The molecule has 20 heavy (non-hydrogen) atoms. The molecule has 2 N–H and O–H groups in total. The van der Waals surface area contributed by atoms with Crippen LogP contribution in [-0.2, 0) is 11.3 Å². The Morgan fingerprint density at radius 2 is 2.05 bits per heavy atom. The van der Waals surface area contributed by atoms with E-state index in [-0.39, 0.29) is 5.69 Å². The smallest absolute Gasteiger partial charge is 0.465 e. The largest absolute Gasteiger partial charge is 0.573 e. The van der Waals surface area contributed by atoms with E-state index >= 15 is 0 Å². The second-order valence-electron chi connectivity index (χ2n) is 3.41. The molecule has 0 atom stereocenters. The van der Waals surface area contributed by atoms with Crippen LogP contribution < -0.4 is 10.5 Å². The Bertz CT molecular complexity index is 504. The molecule has 0 aliphatic heterocycles. The maximum atomic E-state index is 12.7. The van der Waals surface area contributed by atoms with E-state index in [2.05, 4.69) is 14.5 Å². The maximum absolute atomic E-state index is 12.7. The summed E-state index contributed by atoms with van der Waals surface area (Å²) in [7, 11) is 0.870. The molecular weight excluding hydrogens is 291 g/mol. The Morgan fingerprint density at radius 3 is 2.45 bits per heavy atom. The van der Waals surface area contributed by atoms with Crippen LogP contribution in [0.1, 0.15) is 28.0 Å². The van der Waals surface area contributed by atoms with E-state index in [1.807, 2.05) is 0 Å². The van der Waals surface area contributed by atoms with E-state index in [1.54, 1.807) is 0 Å². The zero-order chi connectivity index (χ0) is 15.5. The molecule has 1 rings (SSSR count). The Morgan fingerprint density at radius 1 is 1.45 bits per heavy atom. The van der Waals surface area contributed by atoms with Crippen molar-refractivity contribution in [1.82, 2.24) is 4.98 Å². The fourth-order valence-electron chi connectivity index (χ4n) is 1.39. The van der Waals surface area contributed by atoms with Gasteiger partial charge in [0.25, 0.3) is 6.43 Å². The van der Waals surface area contributed by atoms with Crippen molar-refractivity contribution >= 4 is 5.97 Å². The highest BCUT2D eigenvalue weighted by Crippen LogP contribution is 2.36. The Kier molecular flexibility index (Phi) is 4.82. The molecule has 0 spiro atoms. The second kappa shape index (κ2) is 5.99. The Labute approximate surface area is 109 Å². The van der Waals surface area contributed by atoms with Crippen molar-refractivity contribution in [3.05, 3.63) is 23.0 Å². The minimum atomic E-state index is -5.26. The average Bonchev–Trinajstić information content (AvgIpc) is 2.34. The number of alkyl halides is 5. The van der Waals surface area contributed by atoms with Gasteiger partial charge in [0, 0.05) is 12.7 Å². The summed E-state index contributed by atoms with van der Waals surface area (Å²) in [4.78, 5) is 14.9. The van der Waals surface area contributed by atoms with Gasteiger partial charge >= 0.3 is 12.3 Å². The van der Waals surface area contributed by atoms with Crippen LogP contribution in [0.15, 0.2) is 6.20 Å². The van der Waals surface area contributed by atoms with Crippen molar-refractivity contribution in [1.29, 1.82) is 0 Å². The first-order valence-electron chi connectivity index (χ1n) is 5.05. The van der Waals surface area contributed by atoms with Gasteiger partial charge in [-0.2, -0.15) is 0 Å². The van der Waals surface area contributed by atoms with Gasteiger partial charge in [-0.3, -0.25) is 4.98 Å². The molecule has 0 amide bonds. The number of nitrogens with zero attached hydrogens (tertiary/aromatic N) is 1. The van der Waals surface area contributed by atoms with E-state index in [0.29, 0.717) is 6.20 Å². The van der Waals surface area contributed by atoms with Gasteiger partial charge in [-0.1, -0.05) is 0 Å². The van der Waals surface area contributed by atoms with Crippen molar-refractivity contribution in [3.8, 4) is 5.75 Å². The maximum Gasteiger partial charge on any atom is 0.573 e. The van der Waals surface area contributed by atoms with Crippen LogP contribution in [0.25, 0.3) is 0 Å². The molecule has 112 valence electrons. The number of carbonyl (C=O) groups is 1. The van der Waals surface area contributed by atoms with Crippen LogP contribution in [0, 0.1) is 0 Å². The van der Waals surface area contributed by atoms with Crippen molar-refractivity contribution in [2.24, 2.45) is 5.73 Å². The molecule has 5 nitrogen and oxygen atoms in total. The number of esters is 1. The number of halogens is 5. The molecule has 10 heteroatoms. The first-order chi connectivity index (χ1) is 9.21. The van der Waals surface area contributed by atoms with Gasteiger partial charge in [-0.05, 0) is 0 Å². The Hall–Kier alpha value is -1.97. The lowest BCUT2D eigenvalue weighted by atomic mass is 10.1. The monoisotopic (exact) mass is 300 g/mol. The van der Waals surface area contributed by atoms with Gasteiger partial charge in [-0.15, -0.1) is 13.2 Å². The van der Waals surface area contributed by atoms with E-state index in [4.69, 9.17) is 5.73 Å². The first kappa shape index (κ1) is 16.1. The molecule has 0 unspecified atom stereocenters. The van der Waals surface area contributed by atoms with Crippen LogP contribution in [0.3, 0.4) is 0 Å². The molecule has 0 fully saturated rings. The summed E-state index contributed by atoms with van der Waals surface area (Å²) >= 11 is 0. The van der Waals surface area contributed by atoms with E-state index in [0.717, 1.165) is 7.11 Å². The van der Waals surface area contributed by atoms with E-state index in [9.17, 15) is 26.7 Å². The topological polar surface area (TPSA) is 74.4 Å². The molecule has 0 aliphatic rings.